The lowest BCUT2D eigenvalue weighted by Crippen LogP contribution is -2.39. The number of piperidine rings is 1. The van der Waals surface area contributed by atoms with Crippen molar-refractivity contribution in [2.45, 2.75) is 25.7 Å². The van der Waals surface area contributed by atoms with Crippen molar-refractivity contribution >= 4 is 23.4 Å². The zero-order chi connectivity index (χ0) is 14.0. The number of pyridine rings is 1. The molecule has 4 nitrogen and oxygen atoms in total. The number of carbonyl (C=O) groups excluding carboxylic acids is 1. The molecule has 1 aliphatic heterocycles. The third-order valence-electron chi connectivity index (χ3n) is 2.87. The van der Waals surface area contributed by atoms with Gasteiger partial charge in [0.25, 0.3) is 5.92 Å². The Labute approximate surface area is 114 Å². The van der Waals surface area contributed by atoms with E-state index in [9.17, 15) is 13.6 Å². The first-order valence-electron chi connectivity index (χ1n) is 5.85. The van der Waals surface area contributed by atoms with Gasteiger partial charge in [0, 0.05) is 32.9 Å². The fourth-order valence-electron chi connectivity index (χ4n) is 1.88. The molecule has 1 fully saturated rings. The topological polar surface area (TPSA) is 42.4 Å². The van der Waals surface area contributed by atoms with Gasteiger partial charge in [-0.25, -0.2) is 13.8 Å². The molecule has 0 unspecified atom stereocenters. The summed E-state index contributed by atoms with van der Waals surface area (Å²) in [5.74, 6) is -2.41. The molecule has 0 saturated carbocycles. The maximum Gasteiger partial charge on any atom is 0.308 e. The number of hydrogen-bond acceptors (Lipinski definition) is 4. The van der Waals surface area contributed by atoms with Crippen molar-refractivity contribution < 1.29 is 18.3 Å². The van der Waals surface area contributed by atoms with Gasteiger partial charge in [0.05, 0.1) is 0 Å². The number of carbonyl (C=O) groups is 1. The average Bonchev–Trinajstić information content (AvgIpc) is 2.31. The molecule has 0 N–H and O–H groups in total. The molecule has 1 saturated heterocycles. The van der Waals surface area contributed by atoms with Crippen LogP contribution in [-0.4, -0.2) is 30.0 Å². The van der Waals surface area contributed by atoms with Gasteiger partial charge in [-0.2, -0.15) is 0 Å². The Bertz CT molecular complexity index is 487. The molecule has 0 atom stereocenters. The van der Waals surface area contributed by atoms with E-state index in [4.69, 9.17) is 16.3 Å². The highest BCUT2D eigenvalue weighted by atomic mass is 35.5. The molecule has 0 aliphatic carbocycles. The first kappa shape index (κ1) is 14.0. The van der Waals surface area contributed by atoms with E-state index in [2.05, 4.69) is 4.98 Å². The number of rotatable bonds is 2. The maximum absolute atomic E-state index is 13.0. The Balaban J connectivity index is 2.10. The number of anilines is 1. The molecule has 0 spiro atoms. The van der Waals surface area contributed by atoms with Crippen molar-refractivity contribution in [2.75, 3.05) is 18.0 Å². The van der Waals surface area contributed by atoms with Crippen LogP contribution in [0.25, 0.3) is 0 Å². The van der Waals surface area contributed by atoms with Crippen LogP contribution in [0.2, 0.25) is 5.15 Å². The molecule has 0 bridgehead atoms. The van der Waals surface area contributed by atoms with Crippen LogP contribution in [0.15, 0.2) is 12.1 Å². The second kappa shape index (κ2) is 5.28. The molecule has 2 heterocycles. The summed E-state index contributed by atoms with van der Waals surface area (Å²) in [5.41, 5.74) is 0. The number of halogens is 3. The quantitative estimate of drug-likeness (QED) is 0.620. The van der Waals surface area contributed by atoms with Gasteiger partial charge in [-0.1, -0.05) is 11.6 Å². The van der Waals surface area contributed by atoms with Crippen molar-refractivity contribution in [3.8, 4) is 5.75 Å². The Hall–Kier alpha value is -1.43. The zero-order valence-electron chi connectivity index (χ0n) is 10.3. The molecular formula is C12H13ClF2N2O2. The van der Waals surface area contributed by atoms with E-state index in [1.165, 1.54) is 13.0 Å². The van der Waals surface area contributed by atoms with Gasteiger partial charge in [0.2, 0.25) is 0 Å². The van der Waals surface area contributed by atoms with Crippen LogP contribution in [0.3, 0.4) is 0 Å². The summed E-state index contributed by atoms with van der Waals surface area (Å²) in [5, 5.41) is 0.0463. The molecule has 0 amide bonds. The van der Waals surface area contributed by atoms with Crippen LogP contribution in [0.1, 0.15) is 19.8 Å². The summed E-state index contributed by atoms with van der Waals surface area (Å²) in [4.78, 5) is 16.6. The smallest absolute Gasteiger partial charge is 0.308 e. The highest BCUT2D eigenvalue weighted by Crippen LogP contribution is 2.31. The highest BCUT2D eigenvalue weighted by Gasteiger charge is 2.34. The number of aromatic nitrogens is 1. The molecule has 1 aliphatic rings. The Morgan fingerprint density at radius 2 is 2.05 bits per heavy atom. The van der Waals surface area contributed by atoms with Crippen molar-refractivity contribution in [3.05, 3.63) is 17.3 Å². The summed E-state index contributed by atoms with van der Waals surface area (Å²) >= 11 is 5.89. The van der Waals surface area contributed by atoms with Crippen LogP contribution < -0.4 is 9.64 Å². The number of hydrogen-bond donors (Lipinski definition) is 0. The third-order valence-corrected chi connectivity index (χ3v) is 3.14. The van der Waals surface area contributed by atoms with E-state index in [0.29, 0.717) is 5.82 Å². The van der Waals surface area contributed by atoms with Gasteiger partial charge < -0.3 is 9.64 Å². The van der Waals surface area contributed by atoms with Crippen molar-refractivity contribution in [1.82, 2.24) is 4.98 Å². The van der Waals surface area contributed by atoms with Crippen LogP contribution in [0.4, 0.5) is 14.6 Å². The molecule has 0 radical (unpaired) electrons. The average molecular weight is 291 g/mol. The lowest BCUT2D eigenvalue weighted by molar-refractivity contribution is -0.131. The van der Waals surface area contributed by atoms with Crippen LogP contribution >= 0.6 is 11.6 Å². The largest absolute Gasteiger partial charge is 0.423 e. The molecule has 2 rings (SSSR count). The molecular weight excluding hydrogens is 278 g/mol. The Kier molecular flexibility index (Phi) is 3.89. The van der Waals surface area contributed by atoms with Crippen molar-refractivity contribution in [3.63, 3.8) is 0 Å². The summed E-state index contributed by atoms with van der Waals surface area (Å²) in [7, 11) is 0. The van der Waals surface area contributed by atoms with Crippen LogP contribution in [0, 0.1) is 0 Å². The van der Waals surface area contributed by atoms with Gasteiger partial charge in [0.1, 0.15) is 5.82 Å². The summed E-state index contributed by atoms with van der Waals surface area (Å²) in [6.45, 7) is 1.71. The number of alkyl halides is 2. The minimum atomic E-state index is -2.60. The van der Waals surface area contributed by atoms with E-state index >= 15 is 0 Å². The second-order valence-corrected chi connectivity index (χ2v) is 4.75. The normalized spacial score (nSPS) is 18.2. The van der Waals surface area contributed by atoms with Crippen LogP contribution in [-0.2, 0) is 4.79 Å². The summed E-state index contributed by atoms with van der Waals surface area (Å²) in [6, 6.07) is 3.12. The van der Waals surface area contributed by atoms with Crippen LogP contribution in [0.5, 0.6) is 5.75 Å². The first-order chi connectivity index (χ1) is 8.87. The standard InChI is InChI=1S/C12H13ClF2N2O2/c1-8(18)19-9-2-3-10(16-11(9)13)17-6-4-12(14,15)5-7-17/h2-3H,4-7H2,1H3. The number of nitrogens with zero attached hydrogens (tertiary/aromatic N) is 2. The van der Waals surface area contributed by atoms with Gasteiger partial charge in [0.15, 0.2) is 10.9 Å². The summed E-state index contributed by atoms with van der Waals surface area (Å²) in [6.07, 6.45) is -0.393. The van der Waals surface area contributed by atoms with E-state index in [0.717, 1.165) is 0 Å². The predicted octanol–water partition coefficient (Wildman–Crippen LogP) is 2.90. The van der Waals surface area contributed by atoms with E-state index in [1.807, 2.05) is 0 Å². The van der Waals surface area contributed by atoms with E-state index < -0.39 is 11.9 Å². The van der Waals surface area contributed by atoms with E-state index in [-0.39, 0.29) is 36.8 Å². The fourth-order valence-corrected chi connectivity index (χ4v) is 2.07. The lowest BCUT2D eigenvalue weighted by Gasteiger charge is -2.32. The fraction of sp³-hybridized carbons (Fsp3) is 0.500. The number of ether oxygens (including phenoxy) is 1. The molecule has 0 aromatic carbocycles. The second-order valence-electron chi connectivity index (χ2n) is 4.40. The van der Waals surface area contributed by atoms with E-state index in [1.54, 1.807) is 11.0 Å². The molecule has 104 valence electrons. The van der Waals surface area contributed by atoms with Crippen molar-refractivity contribution in [2.24, 2.45) is 0 Å². The predicted molar refractivity (Wildman–Crippen MR) is 67.0 cm³/mol. The Morgan fingerprint density at radius 1 is 1.42 bits per heavy atom. The lowest BCUT2D eigenvalue weighted by atomic mass is 10.1. The molecule has 19 heavy (non-hydrogen) atoms. The monoisotopic (exact) mass is 290 g/mol. The highest BCUT2D eigenvalue weighted by molar-refractivity contribution is 6.31. The Morgan fingerprint density at radius 3 is 2.58 bits per heavy atom. The number of esters is 1. The molecule has 1 aromatic rings. The van der Waals surface area contributed by atoms with Gasteiger partial charge in [-0.05, 0) is 12.1 Å². The minimum absolute atomic E-state index is 0.0463. The van der Waals surface area contributed by atoms with Gasteiger partial charge >= 0.3 is 5.97 Å². The van der Waals surface area contributed by atoms with Gasteiger partial charge in [-0.15, -0.1) is 0 Å². The SMILES string of the molecule is CC(=O)Oc1ccc(N2CCC(F)(F)CC2)nc1Cl. The van der Waals surface area contributed by atoms with Gasteiger partial charge in [-0.3, -0.25) is 4.79 Å². The maximum atomic E-state index is 13.0. The third kappa shape index (κ3) is 3.53. The van der Waals surface area contributed by atoms with Crippen molar-refractivity contribution in [1.29, 1.82) is 0 Å². The minimum Gasteiger partial charge on any atom is -0.423 e. The zero-order valence-corrected chi connectivity index (χ0v) is 11.1. The molecule has 1 aromatic heterocycles. The summed E-state index contributed by atoms with van der Waals surface area (Å²) < 4.78 is 30.9. The first-order valence-corrected chi connectivity index (χ1v) is 6.23. The molecule has 7 heteroatoms.